The van der Waals surface area contributed by atoms with Crippen LogP contribution in [0.15, 0.2) is 35.2 Å². The highest BCUT2D eigenvalue weighted by Crippen LogP contribution is 2.27. The Morgan fingerprint density at radius 2 is 2.03 bits per heavy atom. The van der Waals surface area contributed by atoms with E-state index in [1.807, 2.05) is 0 Å². The third-order valence-electron chi connectivity index (χ3n) is 5.44. The monoisotopic (exact) mass is 429 g/mol. The fourth-order valence-corrected chi connectivity index (χ4v) is 5.23. The van der Waals surface area contributed by atoms with E-state index in [9.17, 15) is 13.2 Å². The third-order valence-corrected chi connectivity index (χ3v) is 7.35. The lowest BCUT2D eigenvalue weighted by molar-refractivity contribution is 0.102. The van der Waals surface area contributed by atoms with Gasteiger partial charge in [-0.3, -0.25) is 4.79 Å². The van der Waals surface area contributed by atoms with Gasteiger partial charge in [0.2, 0.25) is 10.0 Å². The molecule has 0 unspecified atom stereocenters. The van der Waals surface area contributed by atoms with Gasteiger partial charge in [0.1, 0.15) is 5.82 Å². The molecule has 160 valence electrons. The molecule has 3 rings (SSSR count). The summed E-state index contributed by atoms with van der Waals surface area (Å²) in [5.74, 6) is 0.0470. The molecule has 1 aliphatic carbocycles. The molecule has 0 saturated heterocycles. The van der Waals surface area contributed by atoms with E-state index in [2.05, 4.69) is 16.5 Å². The number of amides is 1. The van der Waals surface area contributed by atoms with E-state index < -0.39 is 15.9 Å². The fourth-order valence-electron chi connectivity index (χ4n) is 3.77. The number of hydrogen-bond donors (Lipinski definition) is 1. The van der Waals surface area contributed by atoms with Crippen LogP contribution in [0.3, 0.4) is 0 Å². The Morgan fingerprint density at radius 1 is 1.30 bits per heavy atom. The lowest BCUT2D eigenvalue weighted by Crippen LogP contribution is -2.38. The highest BCUT2D eigenvalue weighted by molar-refractivity contribution is 7.89. The summed E-state index contributed by atoms with van der Waals surface area (Å²) in [6.45, 7) is 2.16. The van der Waals surface area contributed by atoms with Crippen LogP contribution in [-0.2, 0) is 16.6 Å². The Balaban J connectivity index is 1.79. The van der Waals surface area contributed by atoms with E-state index >= 15 is 0 Å². The summed E-state index contributed by atoms with van der Waals surface area (Å²) < 4.78 is 29.2. The van der Waals surface area contributed by atoms with E-state index in [1.165, 1.54) is 16.4 Å². The molecule has 1 aromatic carbocycles. The summed E-state index contributed by atoms with van der Waals surface area (Å²) >= 11 is 0. The van der Waals surface area contributed by atoms with Crippen LogP contribution < -0.4 is 5.32 Å². The second-order valence-corrected chi connectivity index (χ2v) is 9.59. The molecule has 1 saturated carbocycles. The van der Waals surface area contributed by atoms with Gasteiger partial charge in [0.25, 0.3) is 5.91 Å². The first-order valence-corrected chi connectivity index (χ1v) is 11.6. The SMILES string of the molecule is Cc1cc(NC(=O)c2cccc(S(=O)(=O)N(C)C3CCCCC3)c2)n(CCC#N)n1. The number of anilines is 1. The van der Waals surface area contributed by atoms with Crippen molar-refractivity contribution in [1.82, 2.24) is 14.1 Å². The third kappa shape index (κ3) is 4.89. The zero-order valence-electron chi connectivity index (χ0n) is 17.3. The number of aryl methyl sites for hydroxylation is 2. The van der Waals surface area contributed by atoms with Crippen LogP contribution in [0.25, 0.3) is 0 Å². The number of nitrogens with one attached hydrogen (secondary N) is 1. The minimum absolute atomic E-state index is 0.00121. The Bertz CT molecular complexity index is 1050. The normalized spacial score (nSPS) is 15.1. The van der Waals surface area contributed by atoms with E-state index in [4.69, 9.17) is 5.26 Å². The lowest BCUT2D eigenvalue weighted by Gasteiger charge is -2.30. The van der Waals surface area contributed by atoms with Crippen LogP contribution in [0, 0.1) is 18.3 Å². The number of hydrogen-bond acceptors (Lipinski definition) is 5. The molecule has 0 bridgehead atoms. The van der Waals surface area contributed by atoms with Crippen LogP contribution in [0.4, 0.5) is 5.82 Å². The maximum absolute atomic E-state index is 13.1. The number of aromatic nitrogens is 2. The maximum Gasteiger partial charge on any atom is 0.256 e. The Kier molecular flexibility index (Phi) is 6.90. The summed E-state index contributed by atoms with van der Waals surface area (Å²) in [6, 6.07) is 9.86. The molecule has 9 heteroatoms. The average Bonchev–Trinajstić information content (AvgIpc) is 3.11. The van der Waals surface area contributed by atoms with Gasteiger partial charge in [-0.2, -0.15) is 14.7 Å². The molecule has 1 amide bonds. The molecule has 0 aliphatic heterocycles. The molecule has 1 fully saturated rings. The average molecular weight is 430 g/mol. The van der Waals surface area contributed by atoms with Gasteiger partial charge >= 0.3 is 0 Å². The first-order chi connectivity index (χ1) is 14.3. The summed E-state index contributed by atoms with van der Waals surface area (Å²) in [5, 5.41) is 15.8. The van der Waals surface area contributed by atoms with Gasteiger partial charge in [-0.15, -0.1) is 0 Å². The van der Waals surface area contributed by atoms with E-state index in [1.54, 1.807) is 36.9 Å². The second kappa shape index (κ2) is 9.41. The first-order valence-electron chi connectivity index (χ1n) is 10.1. The van der Waals surface area contributed by atoms with E-state index in [0.717, 1.165) is 32.1 Å². The van der Waals surface area contributed by atoms with Gasteiger partial charge in [0.05, 0.1) is 29.6 Å². The minimum atomic E-state index is -3.68. The van der Waals surface area contributed by atoms with Crippen LogP contribution in [-0.4, -0.2) is 41.5 Å². The molecule has 8 nitrogen and oxygen atoms in total. The minimum Gasteiger partial charge on any atom is -0.307 e. The molecular weight excluding hydrogens is 402 g/mol. The summed E-state index contributed by atoms with van der Waals surface area (Å²) in [5.41, 5.74) is 0.965. The highest BCUT2D eigenvalue weighted by Gasteiger charge is 2.29. The predicted octanol–water partition coefficient (Wildman–Crippen LogP) is 3.31. The van der Waals surface area contributed by atoms with Crippen molar-refractivity contribution in [2.75, 3.05) is 12.4 Å². The van der Waals surface area contributed by atoms with Crippen LogP contribution in [0.2, 0.25) is 0 Å². The standard InChI is InChI=1S/C21H27N5O3S/c1-16-14-20(26(24-16)13-7-12-22)23-21(27)17-8-6-11-19(15-17)30(28,29)25(2)18-9-4-3-5-10-18/h6,8,11,14-15,18H,3-5,7,9-10,13H2,1-2H3,(H,23,27). The predicted molar refractivity (Wildman–Crippen MR) is 113 cm³/mol. The smallest absolute Gasteiger partial charge is 0.256 e. The molecule has 30 heavy (non-hydrogen) atoms. The zero-order chi connectivity index (χ0) is 21.7. The van der Waals surface area contributed by atoms with Crippen LogP contribution >= 0.6 is 0 Å². The van der Waals surface area contributed by atoms with Crippen LogP contribution in [0.5, 0.6) is 0 Å². The summed E-state index contributed by atoms with van der Waals surface area (Å²) in [7, 11) is -2.06. The number of benzene rings is 1. The molecule has 0 atom stereocenters. The number of carbonyl (C=O) groups is 1. The number of nitrogens with zero attached hydrogens (tertiary/aromatic N) is 4. The van der Waals surface area contributed by atoms with E-state index in [-0.39, 0.29) is 22.9 Å². The maximum atomic E-state index is 13.1. The quantitative estimate of drug-likeness (QED) is 0.726. The van der Waals surface area contributed by atoms with Crippen molar-refractivity contribution < 1.29 is 13.2 Å². The van der Waals surface area contributed by atoms with E-state index in [0.29, 0.717) is 18.1 Å². The fraction of sp³-hybridized carbons (Fsp3) is 0.476. The summed E-state index contributed by atoms with van der Waals surface area (Å²) in [4.78, 5) is 12.9. The van der Waals surface area contributed by atoms with Crippen molar-refractivity contribution in [1.29, 1.82) is 5.26 Å². The molecular formula is C21H27N5O3S. The molecule has 0 spiro atoms. The number of rotatable bonds is 7. The highest BCUT2D eigenvalue weighted by atomic mass is 32.2. The Hall–Kier alpha value is -2.70. The van der Waals surface area contributed by atoms with Gasteiger partial charge in [-0.1, -0.05) is 25.3 Å². The molecule has 1 heterocycles. The van der Waals surface area contributed by atoms with Crippen molar-refractivity contribution in [2.24, 2.45) is 0 Å². The van der Waals surface area contributed by atoms with Crippen LogP contribution in [0.1, 0.15) is 54.6 Å². The van der Waals surface area contributed by atoms with Crippen molar-refractivity contribution in [3.63, 3.8) is 0 Å². The van der Waals surface area contributed by atoms with Gasteiger partial charge in [0.15, 0.2) is 0 Å². The number of nitriles is 1. The van der Waals surface area contributed by atoms with Gasteiger partial charge in [-0.25, -0.2) is 13.1 Å². The lowest BCUT2D eigenvalue weighted by atomic mass is 9.96. The number of sulfonamides is 1. The molecule has 1 aromatic heterocycles. The van der Waals surface area contributed by atoms with Crippen molar-refractivity contribution in [2.45, 2.75) is 62.9 Å². The first kappa shape index (κ1) is 22.0. The number of carbonyl (C=O) groups excluding carboxylic acids is 1. The molecule has 2 aromatic rings. The van der Waals surface area contributed by atoms with Gasteiger partial charge in [0, 0.05) is 24.7 Å². The van der Waals surface area contributed by atoms with Gasteiger partial charge < -0.3 is 5.32 Å². The van der Waals surface area contributed by atoms with Crippen molar-refractivity contribution >= 4 is 21.7 Å². The Morgan fingerprint density at radius 3 is 2.73 bits per heavy atom. The molecule has 0 radical (unpaired) electrons. The van der Waals surface area contributed by atoms with Crippen molar-refractivity contribution in [3.05, 3.63) is 41.6 Å². The second-order valence-electron chi connectivity index (χ2n) is 7.60. The molecule has 1 N–H and O–H groups in total. The van der Waals surface area contributed by atoms with Gasteiger partial charge in [-0.05, 0) is 38.0 Å². The summed E-state index contributed by atoms with van der Waals surface area (Å²) in [6.07, 6.45) is 5.21. The topological polar surface area (TPSA) is 108 Å². The molecule has 1 aliphatic rings. The largest absolute Gasteiger partial charge is 0.307 e. The zero-order valence-corrected chi connectivity index (χ0v) is 18.2. The van der Waals surface area contributed by atoms with Crippen molar-refractivity contribution in [3.8, 4) is 6.07 Å². The Labute approximate surface area is 177 Å².